The molecule has 0 bridgehead atoms. The highest BCUT2D eigenvalue weighted by Gasteiger charge is 1.99. The summed E-state index contributed by atoms with van der Waals surface area (Å²) >= 11 is 3.35. The summed E-state index contributed by atoms with van der Waals surface area (Å²) in [5.41, 5.74) is 1.60. The standard InChI is InChI=1S/C11H11BrN2/c1-14(2)8-10(7-13)9-3-5-11(12)6-4-9/h3-6,8H,1-2H3. The third-order valence-electron chi connectivity index (χ3n) is 1.66. The van der Waals surface area contributed by atoms with Crippen molar-refractivity contribution < 1.29 is 0 Å². The van der Waals surface area contributed by atoms with Crippen LogP contribution in [0.4, 0.5) is 0 Å². The van der Waals surface area contributed by atoms with E-state index in [9.17, 15) is 0 Å². The number of benzene rings is 1. The zero-order chi connectivity index (χ0) is 10.6. The van der Waals surface area contributed by atoms with Gasteiger partial charge in [-0.25, -0.2) is 0 Å². The molecule has 0 atom stereocenters. The third-order valence-corrected chi connectivity index (χ3v) is 2.19. The van der Waals surface area contributed by atoms with Crippen LogP contribution in [0, 0.1) is 11.3 Å². The van der Waals surface area contributed by atoms with Gasteiger partial charge in [0.1, 0.15) is 6.07 Å². The Hall–Kier alpha value is -1.27. The molecule has 0 saturated carbocycles. The fraction of sp³-hybridized carbons (Fsp3) is 0.182. The maximum atomic E-state index is 8.94. The molecule has 3 heteroatoms. The number of allylic oxidation sites excluding steroid dienone is 1. The van der Waals surface area contributed by atoms with E-state index in [0.29, 0.717) is 5.57 Å². The van der Waals surface area contributed by atoms with Gasteiger partial charge in [0.15, 0.2) is 0 Å². The highest BCUT2D eigenvalue weighted by Crippen LogP contribution is 2.17. The largest absolute Gasteiger partial charge is 0.382 e. The average molecular weight is 251 g/mol. The summed E-state index contributed by atoms with van der Waals surface area (Å²) < 4.78 is 1.02. The van der Waals surface area contributed by atoms with Gasteiger partial charge in [0.2, 0.25) is 0 Å². The fourth-order valence-corrected chi connectivity index (χ4v) is 1.32. The summed E-state index contributed by atoms with van der Waals surface area (Å²) in [5, 5.41) is 8.94. The Bertz CT molecular complexity index is 371. The van der Waals surface area contributed by atoms with E-state index < -0.39 is 0 Å². The second kappa shape index (κ2) is 4.83. The Labute approximate surface area is 92.6 Å². The lowest BCUT2D eigenvalue weighted by molar-refractivity contribution is 0.566. The molecule has 0 aliphatic rings. The van der Waals surface area contributed by atoms with E-state index >= 15 is 0 Å². The molecule has 0 aromatic heterocycles. The Kier molecular flexibility index (Phi) is 3.73. The average Bonchev–Trinajstić information content (AvgIpc) is 2.15. The molecule has 1 rings (SSSR count). The highest BCUT2D eigenvalue weighted by atomic mass is 79.9. The summed E-state index contributed by atoms with van der Waals surface area (Å²) in [6, 6.07) is 9.87. The Morgan fingerprint density at radius 2 is 1.93 bits per heavy atom. The first kappa shape index (κ1) is 10.8. The molecule has 0 aliphatic heterocycles. The molecule has 1 aromatic carbocycles. The first-order valence-corrected chi connectivity index (χ1v) is 4.97. The Balaban J connectivity index is 3.03. The monoisotopic (exact) mass is 250 g/mol. The Morgan fingerprint density at radius 1 is 1.36 bits per heavy atom. The van der Waals surface area contributed by atoms with Crippen LogP contribution in [-0.4, -0.2) is 19.0 Å². The van der Waals surface area contributed by atoms with Crippen molar-refractivity contribution in [3.05, 3.63) is 40.5 Å². The fourth-order valence-electron chi connectivity index (χ4n) is 1.06. The van der Waals surface area contributed by atoms with Gasteiger partial charge in [-0.1, -0.05) is 28.1 Å². The zero-order valence-electron chi connectivity index (χ0n) is 8.16. The molecule has 0 spiro atoms. The molecule has 0 aliphatic carbocycles. The van der Waals surface area contributed by atoms with E-state index in [4.69, 9.17) is 5.26 Å². The van der Waals surface area contributed by atoms with Crippen LogP contribution in [0.1, 0.15) is 5.56 Å². The van der Waals surface area contributed by atoms with Crippen LogP contribution < -0.4 is 0 Å². The van der Waals surface area contributed by atoms with Gasteiger partial charge >= 0.3 is 0 Å². The molecule has 14 heavy (non-hydrogen) atoms. The number of rotatable bonds is 2. The van der Waals surface area contributed by atoms with Crippen molar-refractivity contribution in [1.29, 1.82) is 5.26 Å². The number of nitrogens with zero attached hydrogens (tertiary/aromatic N) is 2. The topological polar surface area (TPSA) is 27.0 Å². The van der Waals surface area contributed by atoms with Gasteiger partial charge in [-0.2, -0.15) is 5.26 Å². The first-order chi connectivity index (χ1) is 6.63. The molecule has 1 aromatic rings. The lowest BCUT2D eigenvalue weighted by Crippen LogP contribution is -2.02. The van der Waals surface area contributed by atoms with Crippen molar-refractivity contribution in [3.63, 3.8) is 0 Å². The van der Waals surface area contributed by atoms with Gasteiger partial charge in [0, 0.05) is 24.8 Å². The van der Waals surface area contributed by atoms with Crippen molar-refractivity contribution in [2.45, 2.75) is 0 Å². The minimum Gasteiger partial charge on any atom is -0.382 e. The lowest BCUT2D eigenvalue weighted by Gasteiger charge is -2.06. The predicted octanol–water partition coefficient (Wildman–Crippen LogP) is 2.88. The highest BCUT2D eigenvalue weighted by molar-refractivity contribution is 9.10. The minimum atomic E-state index is 0.669. The predicted molar refractivity (Wildman–Crippen MR) is 61.4 cm³/mol. The van der Waals surface area contributed by atoms with E-state index in [2.05, 4.69) is 22.0 Å². The van der Waals surface area contributed by atoms with E-state index in [0.717, 1.165) is 10.0 Å². The van der Waals surface area contributed by atoms with Crippen LogP contribution in [0.5, 0.6) is 0 Å². The summed E-state index contributed by atoms with van der Waals surface area (Å²) in [6.07, 6.45) is 1.81. The van der Waals surface area contributed by atoms with Crippen LogP contribution in [0.25, 0.3) is 5.57 Å². The van der Waals surface area contributed by atoms with E-state index in [1.54, 1.807) is 0 Å². The number of nitriles is 1. The zero-order valence-corrected chi connectivity index (χ0v) is 9.75. The van der Waals surface area contributed by atoms with Gasteiger partial charge in [0.25, 0.3) is 0 Å². The molecule has 72 valence electrons. The SMILES string of the molecule is CN(C)C=C(C#N)c1ccc(Br)cc1. The maximum Gasteiger partial charge on any atom is 0.101 e. The molecule has 0 unspecified atom stereocenters. The smallest absolute Gasteiger partial charge is 0.101 e. The molecule has 0 fully saturated rings. The second-order valence-corrected chi connectivity index (χ2v) is 4.04. The number of halogens is 1. The molecule has 0 N–H and O–H groups in total. The van der Waals surface area contributed by atoms with Gasteiger partial charge < -0.3 is 4.90 Å². The summed E-state index contributed by atoms with van der Waals surface area (Å²) in [7, 11) is 3.80. The molecule has 0 saturated heterocycles. The summed E-state index contributed by atoms with van der Waals surface area (Å²) in [6.45, 7) is 0. The minimum absolute atomic E-state index is 0.669. The lowest BCUT2D eigenvalue weighted by atomic mass is 10.1. The van der Waals surface area contributed by atoms with Crippen LogP contribution in [0.2, 0.25) is 0 Å². The molecule has 0 heterocycles. The van der Waals surface area contributed by atoms with E-state index in [1.807, 2.05) is 49.5 Å². The molecule has 2 nitrogen and oxygen atoms in total. The van der Waals surface area contributed by atoms with Gasteiger partial charge in [-0.05, 0) is 17.7 Å². The quantitative estimate of drug-likeness (QED) is 0.755. The van der Waals surface area contributed by atoms with Gasteiger partial charge in [0.05, 0.1) is 5.57 Å². The van der Waals surface area contributed by atoms with Crippen molar-refractivity contribution in [1.82, 2.24) is 4.90 Å². The maximum absolute atomic E-state index is 8.94. The van der Waals surface area contributed by atoms with Crippen molar-refractivity contribution in [2.24, 2.45) is 0 Å². The molecular formula is C11H11BrN2. The third kappa shape index (κ3) is 2.90. The van der Waals surface area contributed by atoms with Crippen LogP contribution in [0.15, 0.2) is 34.9 Å². The van der Waals surface area contributed by atoms with E-state index in [1.165, 1.54) is 0 Å². The molecule has 0 amide bonds. The van der Waals surface area contributed by atoms with Crippen LogP contribution in [-0.2, 0) is 0 Å². The van der Waals surface area contributed by atoms with Gasteiger partial charge in [-0.3, -0.25) is 0 Å². The van der Waals surface area contributed by atoms with Crippen molar-refractivity contribution in [2.75, 3.05) is 14.1 Å². The normalized spacial score (nSPS) is 10.9. The Morgan fingerprint density at radius 3 is 2.36 bits per heavy atom. The van der Waals surface area contributed by atoms with E-state index in [-0.39, 0.29) is 0 Å². The van der Waals surface area contributed by atoms with Crippen molar-refractivity contribution in [3.8, 4) is 6.07 Å². The van der Waals surface area contributed by atoms with Crippen LogP contribution >= 0.6 is 15.9 Å². The van der Waals surface area contributed by atoms with Crippen LogP contribution in [0.3, 0.4) is 0 Å². The summed E-state index contributed by atoms with van der Waals surface area (Å²) in [5.74, 6) is 0. The summed E-state index contributed by atoms with van der Waals surface area (Å²) in [4.78, 5) is 1.86. The molecular weight excluding hydrogens is 240 g/mol. The van der Waals surface area contributed by atoms with Crippen molar-refractivity contribution >= 4 is 21.5 Å². The molecule has 0 radical (unpaired) electrons. The first-order valence-electron chi connectivity index (χ1n) is 4.18. The second-order valence-electron chi connectivity index (χ2n) is 3.13. The van der Waals surface area contributed by atoms with Gasteiger partial charge in [-0.15, -0.1) is 0 Å². The number of hydrogen-bond acceptors (Lipinski definition) is 2. The number of hydrogen-bond donors (Lipinski definition) is 0.